The van der Waals surface area contributed by atoms with Crippen LogP contribution in [-0.2, 0) is 6.42 Å². The van der Waals surface area contributed by atoms with Crippen LogP contribution < -0.4 is 5.32 Å². The molecule has 1 aromatic heterocycles. The molecule has 138 valence electrons. The molecule has 0 bridgehead atoms. The number of hydrogen-bond donors (Lipinski definition) is 1. The Labute approximate surface area is 162 Å². The van der Waals surface area contributed by atoms with Crippen LogP contribution in [-0.4, -0.2) is 16.4 Å². The lowest BCUT2D eigenvalue weighted by molar-refractivity contribution is 0.0906. The zero-order valence-corrected chi connectivity index (χ0v) is 15.8. The second kappa shape index (κ2) is 7.89. The van der Waals surface area contributed by atoms with Gasteiger partial charge in [0.05, 0.1) is 5.56 Å². The van der Waals surface area contributed by atoms with Crippen LogP contribution in [0.2, 0.25) is 0 Å². The first-order valence-electron chi connectivity index (χ1n) is 8.60. The molecule has 0 radical (unpaired) electrons. The van der Waals surface area contributed by atoms with Gasteiger partial charge in [0.25, 0.3) is 5.91 Å². The Morgan fingerprint density at radius 2 is 1.96 bits per heavy atom. The third-order valence-corrected chi connectivity index (χ3v) is 4.49. The van der Waals surface area contributed by atoms with Crippen LogP contribution in [0.15, 0.2) is 72.4 Å². The predicted molar refractivity (Wildman–Crippen MR) is 107 cm³/mol. The number of carbonyl (C=O) groups is 1. The number of para-hydroxylation sites is 1. The summed E-state index contributed by atoms with van der Waals surface area (Å²) in [5.41, 5.74) is 1.08. The Balaban J connectivity index is 1.86. The van der Waals surface area contributed by atoms with Gasteiger partial charge in [0, 0.05) is 28.6 Å². The molecule has 0 saturated heterocycles. The molecule has 1 amide bonds. The summed E-state index contributed by atoms with van der Waals surface area (Å²) in [4.78, 5) is 16.9. The van der Waals surface area contributed by atoms with Crippen molar-refractivity contribution in [2.45, 2.75) is 25.3 Å². The molecular formula is C22H20ClFN2O. The van der Waals surface area contributed by atoms with E-state index in [4.69, 9.17) is 11.6 Å². The van der Waals surface area contributed by atoms with Gasteiger partial charge in [0.1, 0.15) is 11.3 Å². The lowest BCUT2D eigenvalue weighted by atomic mass is 9.89. The maximum Gasteiger partial charge on any atom is 0.253 e. The van der Waals surface area contributed by atoms with E-state index in [1.54, 1.807) is 18.2 Å². The van der Waals surface area contributed by atoms with E-state index in [0.717, 1.165) is 5.56 Å². The molecule has 0 spiro atoms. The van der Waals surface area contributed by atoms with E-state index in [9.17, 15) is 9.18 Å². The number of fused-ring (bicyclic) bond motifs is 1. The molecule has 27 heavy (non-hydrogen) atoms. The van der Waals surface area contributed by atoms with E-state index in [2.05, 4.69) is 16.9 Å². The van der Waals surface area contributed by atoms with Gasteiger partial charge in [-0.25, -0.2) is 4.39 Å². The zero-order valence-electron chi connectivity index (χ0n) is 15.0. The highest BCUT2D eigenvalue weighted by molar-refractivity contribution is 6.29. The maximum absolute atomic E-state index is 13.8. The highest BCUT2D eigenvalue weighted by Gasteiger charge is 2.28. The average molecular weight is 383 g/mol. The molecule has 3 nitrogen and oxygen atoms in total. The fourth-order valence-corrected chi connectivity index (χ4v) is 3.51. The fourth-order valence-electron chi connectivity index (χ4n) is 3.21. The van der Waals surface area contributed by atoms with Crippen LogP contribution >= 0.6 is 11.6 Å². The average Bonchev–Trinajstić information content (AvgIpc) is 2.61. The molecule has 3 aromatic rings. The van der Waals surface area contributed by atoms with Crippen molar-refractivity contribution in [3.8, 4) is 0 Å². The lowest BCUT2D eigenvalue weighted by Crippen LogP contribution is -2.47. The van der Waals surface area contributed by atoms with E-state index >= 15 is 0 Å². The molecule has 0 saturated carbocycles. The quantitative estimate of drug-likeness (QED) is 0.632. The smallest absolute Gasteiger partial charge is 0.253 e. The zero-order chi connectivity index (χ0) is 19.4. The van der Waals surface area contributed by atoms with Crippen LogP contribution in [0.3, 0.4) is 0 Å². The molecule has 1 atom stereocenters. The highest BCUT2D eigenvalue weighted by Crippen LogP contribution is 2.24. The van der Waals surface area contributed by atoms with E-state index in [0.29, 0.717) is 28.8 Å². The molecule has 1 heterocycles. The first kappa shape index (κ1) is 19.1. The van der Waals surface area contributed by atoms with Crippen molar-refractivity contribution >= 4 is 28.4 Å². The Morgan fingerprint density at radius 3 is 2.67 bits per heavy atom. The molecule has 0 aliphatic heterocycles. The SMILES string of the molecule is C=C(Cl)C[C@@](C)(Cc1ccccc1)NC(=O)c1cnc2c(F)cccc2c1. The fraction of sp³-hybridized carbons (Fsp3) is 0.182. The summed E-state index contributed by atoms with van der Waals surface area (Å²) in [6.07, 6.45) is 2.41. The summed E-state index contributed by atoms with van der Waals surface area (Å²) in [7, 11) is 0. The molecule has 0 aliphatic rings. The second-order valence-corrected chi connectivity index (χ2v) is 7.44. The number of nitrogens with one attached hydrogen (secondary N) is 1. The Morgan fingerprint density at radius 1 is 1.22 bits per heavy atom. The van der Waals surface area contributed by atoms with E-state index < -0.39 is 11.4 Å². The number of halogens is 2. The number of amides is 1. The van der Waals surface area contributed by atoms with Crippen molar-refractivity contribution in [3.63, 3.8) is 0 Å². The molecule has 0 fully saturated rings. The van der Waals surface area contributed by atoms with Gasteiger partial charge >= 0.3 is 0 Å². The third kappa shape index (κ3) is 4.72. The summed E-state index contributed by atoms with van der Waals surface area (Å²) < 4.78 is 13.8. The predicted octanol–water partition coefficient (Wildman–Crippen LogP) is 5.25. The minimum Gasteiger partial charge on any atom is -0.346 e. The summed E-state index contributed by atoms with van der Waals surface area (Å²) in [6.45, 7) is 5.70. The summed E-state index contributed by atoms with van der Waals surface area (Å²) in [5, 5.41) is 4.09. The number of nitrogens with zero attached hydrogens (tertiary/aromatic N) is 1. The number of carbonyl (C=O) groups excluding carboxylic acids is 1. The van der Waals surface area contributed by atoms with Crippen molar-refractivity contribution in [1.29, 1.82) is 0 Å². The van der Waals surface area contributed by atoms with Crippen LogP contribution in [0.1, 0.15) is 29.3 Å². The molecular weight excluding hydrogens is 363 g/mol. The van der Waals surface area contributed by atoms with E-state index in [1.165, 1.54) is 12.3 Å². The minimum absolute atomic E-state index is 0.246. The van der Waals surface area contributed by atoms with Crippen molar-refractivity contribution in [2.75, 3.05) is 0 Å². The Kier molecular flexibility index (Phi) is 5.57. The number of hydrogen-bond acceptors (Lipinski definition) is 2. The summed E-state index contributed by atoms with van der Waals surface area (Å²) in [6, 6.07) is 16.2. The van der Waals surface area contributed by atoms with Gasteiger partial charge in [-0.3, -0.25) is 9.78 Å². The summed E-state index contributed by atoms with van der Waals surface area (Å²) in [5.74, 6) is -0.697. The topological polar surface area (TPSA) is 42.0 Å². The van der Waals surface area contributed by atoms with Crippen molar-refractivity contribution in [2.24, 2.45) is 0 Å². The number of pyridine rings is 1. The van der Waals surface area contributed by atoms with Gasteiger partial charge < -0.3 is 5.32 Å². The van der Waals surface area contributed by atoms with Crippen molar-refractivity contribution in [1.82, 2.24) is 10.3 Å². The molecule has 0 unspecified atom stereocenters. The normalized spacial score (nSPS) is 13.1. The Hall–Kier alpha value is -2.72. The van der Waals surface area contributed by atoms with Gasteiger partial charge in [-0.1, -0.05) is 60.6 Å². The highest BCUT2D eigenvalue weighted by atomic mass is 35.5. The van der Waals surface area contributed by atoms with Crippen LogP contribution in [0.5, 0.6) is 0 Å². The number of aromatic nitrogens is 1. The van der Waals surface area contributed by atoms with E-state index in [1.807, 2.05) is 37.3 Å². The third-order valence-electron chi connectivity index (χ3n) is 4.36. The van der Waals surface area contributed by atoms with Crippen LogP contribution in [0, 0.1) is 5.82 Å². The van der Waals surface area contributed by atoms with E-state index in [-0.39, 0.29) is 11.4 Å². The van der Waals surface area contributed by atoms with Crippen molar-refractivity contribution < 1.29 is 9.18 Å². The molecule has 2 aromatic carbocycles. The molecule has 3 rings (SSSR count). The molecule has 0 aliphatic carbocycles. The molecule has 1 N–H and O–H groups in total. The minimum atomic E-state index is -0.617. The lowest BCUT2D eigenvalue weighted by Gasteiger charge is -2.31. The maximum atomic E-state index is 13.8. The van der Waals surface area contributed by atoms with Gasteiger partial charge in [-0.15, -0.1) is 0 Å². The first-order chi connectivity index (χ1) is 12.9. The second-order valence-electron chi connectivity index (χ2n) is 6.91. The largest absolute Gasteiger partial charge is 0.346 e. The number of rotatable bonds is 6. The van der Waals surface area contributed by atoms with Gasteiger partial charge in [-0.2, -0.15) is 0 Å². The van der Waals surface area contributed by atoms with Gasteiger partial charge in [0.2, 0.25) is 0 Å². The van der Waals surface area contributed by atoms with Crippen LogP contribution in [0.4, 0.5) is 4.39 Å². The standard InChI is InChI=1S/C22H20ClFN2O/c1-15(23)12-22(2,13-16-7-4-3-5-8-16)26-21(27)18-11-17-9-6-10-19(24)20(17)25-14-18/h3-11,14H,1,12-13H2,2H3,(H,26,27)/t22-/m0/s1. The number of benzene rings is 2. The molecule has 5 heteroatoms. The monoisotopic (exact) mass is 382 g/mol. The first-order valence-corrected chi connectivity index (χ1v) is 8.98. The summed E-state index contributed by atoms with van der Waals surface area (Å²) >= 11 is 6.05. The van der Waals surface area contributed by atoms with Crippen molar-refractivity contribution in [3.05, 3.63) is 89.3 Å². The van der Waals surface area contributed by atoms with Gasteiger partial charge in [-0.05, 0) is 31.0 Å². The van der Waals surface area contributed by atoms with Crippen LogP contribution in [0.25, 0.3) is 10.9 Å². The van der Waals surface area contributed by atoms with Gasteiger partial charge in [0.15, 0.2) is 0 Å². The Bertz CT molecular complexity index is 990.